The second-order valence-electron chi connectivity index (χ2n) is 4.90. The first kappa shape index (κ1) is 16.8. The van der Waals surface area contributed by atoms with Crippen LogP contribution in [0, 0.1) is 6.92 Å². The zero-order chi connectivity index (χ0) is 16.7. The monoisotopic (exact) mass is 330 g/mol. The highest BCUT2D eigenvalue weighted by molar-refractivity contribution is 7.80. The van der Waals surface area contributed by atoms with Crippen LogP contribution in [-0.4, -0.2) is 18.4 Å². The summed E-state index contributed by atoms with van der Waals surface area (Å²) in [6, 6.07) is 13.8. The molecule has 4 N–H and O–H groups in total. The van der Waals surface area contributed by atoms with Crippen molar-refractivity contribution in [3.8, 4) is 11.5 Å². The Kier molecular flexibility index (Phi) is 5.94. The second kappa shape index (κ2) is 8.14. The molecule has 6 heteroatoms. The Morgan fingerprint density at radius 2 is 2.04 bits per heavy atom. The minimum atomic E-state index is 0.173. The van der Waals surface area contributed by atoms with Gasteiger partial charge in [0, 0.05) is 5.56 Å². The Labute approximate surface area is 141 Å². The van der Waals surface area contributed by atoms with Crippen molar-refractivity contribution < 1.29 is 14.6 Å². The Morgan fingerprint density at radius 3 is 2.74 bits per heavy atom. The van der Waals surface area contributed by atoms with Crippen molar-refractivity contribution in [3.05, 3.63) is 59.2 Å². The molecule has 0 radical (unpaired) electrons. The van der Waals surface area contributed by atoms with E-state index in [1.807, 2.05) is 30.3 Å². The summed E-state index contributed by atoms with van der Waals surface area (Å²) in [5, 5.41) is 2.97. The lowest BCUT2D eigenvalue weighted by Gasteiger charge is -2.12. The Morgan fingerprint density at radius 1 is 1.26 bits per heavy atom. The molecule has 0 spiro atoms. The molecule has 0 saturated carbocycles. The average Bonchev–Trinajstić information content (AvgIpc) is 2.54. The van der Waals surface area contributed by atoms with E-state index >= 15 is 0 Å². The Balaban J connectivity index is 2.09. The number of benzene rings is 2. The van der Waals surface area contributed by atoms with Gasteiger partial charge in [0.1, 0.15) is 6.61 Å². The van der Waals surface area contributed by atoms with Crippen LogP contribution in [0.3, 0.4) is 0 Å². The highest BCUT2D eigenvalue weighted by Gasteiger charge is 2.07. The van der Waals surface area contributed by atoms with Crippen molar-refractivity contribution in [2.75, 3.05) is 7.11 Å². The fourth-order valence-corrected chi connectivity index (χ4v) is 2.07. The molecule has 5 nitrogen and oxygen atoms in total. The lowest BCUT2D eigenvalue weighted by molar-refractivity contribution is -0.499. The van der Waals surface area contributed by atoms with E-state index in [0.717, 1.165) is 11.1 Å². The maximum atomic E-state index is 5.88. The van der Waals surface area contributed by atoms with E-state index in [2.05, 4.69) is 29.6 Å². The Bertz CT molecular complexity index is 717. The van der Waals surface area contributed by atoms with Crippen LogP contribution < -0.4 is 25.7 Å². The minimum Gasteiger partial charge on any atom is -0.493 e. The summed E-state index contributed by atoms with van der Waals surface area (Å²) < 4.78 is 11.3. The Hall–Kier alpha value is -2.60. The lowest BCUT2D eigenvalue weighted by Crippen LogP contribution is -2.82. The van der Waals surface area contributed by atoms with Crippen molar-refractivity contribution in [2.45, 2.75) is 13.5 Å². The van der Waals surface area contributed by atoms with Gasteiger partial charge in [-0.3, -0.25) is 0 Å². The molecule has 0 bridgehead atoms. The number of ether oxygens (including phenoxy) is 2. The molecule has 0 amide bonds. The first-order valence-electron chi connectivity index (χ1n) is 7.09. The summed E-state index contributed by atoms with van der Waals surface area (Å²) in [6.07, 6.45) is 1.73. The summed E-state index contributed by atoms with van der Waals surface area (Å²) in [7, 11) is 1.61. The maximum Gasteiger partial charge on any atom is 0.221 e. The van der Waals surface area contributed by atoms with Crippen molar-refractivity contribution in [1.82, 2.24) is 5.43 Å². The largest absolute Gasteiger partial charge is 0.493 e. The van der Waals surface area contributed by atoms with Crippen molar-refractivity contribution >= 4 is 23.5 Å². The quantitative estimate of drug-likeness (QED) is 0.416. The SMILES string of the molecule is COc1cc(C=[NH+]NC(N)=S)ccc1OCc1ccccc1C. The number of hydrogen-bond donors (Lipinski definition) is 3. The molecule has 2 rings (SSSR count). The molecule has 0 aromatic heterocycles. The molecule has 0 aliphatic carbocycles. The molecule has 0 aliphatic heterocycles. The molecule has 2 aromatic carbocycles. The van der Waals surface area contributed by atoms with Gasteiger partial charge in [0.25, 0.3) is 0 Å². The predicted molar refractivity (Wildman–Crippen MR) is 94.6 cm³/mol. The van der Waals surface area contributed by atoms with E-state index in [4.69, 9.17) is 27.4 Å². The number of hydrazone groups is 1. The highest BCUT2D eigenvalue weighted by atomic mass is 32.1. The molecule has 2 aromatic rings. The molecule has 0 saturated heterocycles. The number of nitrogens with one attached hydrogen (secondary N) is 2. The van der Waals surface area contributed by atoms with Gasteiger partial charge in [-0.05, 0) is 48.5 Å². The number of aryl methyl sites for hydroxylation is 1. The number of methoxy groups -OCH3 is 1. The van der Waals surface area contributed by atoms with Gasteiger partial charge in [-0.25, -0.2) is 0 Å². The van der Waals surface area contributed by atoms with Crippen LogP contribution in [0.2, 0.25) is 0 Å². The molecule has 23 heavy (non-hydrogen) atoms. The van der Waals surface area contributed by atoms with Crippen molar-refractivity contribution in [3.63, 3.8) is 0 Å². The van der Waals surface area contributed by atoms with E-state index in [1.54, 1.807) is 13.3 Å². The van der Waals surface area contributed by atoms with Crippen LogP contribution in [0.25, 0.3) is 0 Å². The highest BCUT2D eigenvalue weighted by Crippen LogP contribution is 2.28. The molecule has 0 heterocycles. The van der Waals surface area contributed by atoms with Gasteiger partial charge in [-0.15, -0.1) is 10.5 Å². The van der Waals surface area contributed by atoms with Crippen molar-refractivity contribution in [1.29, 1.82) is 0 Å². The molecule has 120 valence electrons. The first-order valence-corrected chi connectivity index (χ1v) is 7.50. The molecular weight excluding hydrogens is 310 g/mol. The third-order valence-electron chi connectivity index (χ3n) is 3.27. The maximum absolute atomic E-state index is 5.88. The normalized spacial score (nSPS) is 10.5. The molecule has 0 fully saturated rings. The predicted octanol–water partition coefficient (Wildman–Crippen LogP) is 0.830. The third-order valence-corrected chi connectivity index (χ3v) is 3.37. The van der Waals surface area contributed by atoms with Crippen LogP contribution >= 0.6 is 12.2 Å². The van der Waals surface area contributed by atoms with Gasteiger partial charge in [0.15, 0.2) is 17.7 Å². The average molecular weight is 330 g/mol. The number of rotatable bonds is 6. The number of hydrazine groups is 1. The molecule has 0 aliphatic rings. The van der Waals surface area contributed by atoms with E-state index in [1.165, 1.54) is 5.56 Å². The minimum absolute atomic E-state index is 0.173. The summed E-state index contributed by atoms with van der Waals surface area (Å²) >= 11 is 4.71. The van der Waals surface area contributed by atoms with E-state index in [0.29, 0.717) is 18.1 Å². The van der Waals surface area contributed by atoms with Gasteiger partial charge in [-0.1, -0.05) is 24.3 Å². The number of nitrogens with two attached hydrogens (primary N) is 1. The lowest BCUT2D eigenvalue weighted by atomic mass is 10.1. The van der Waals surface area contributed by atoms with Crippen LogP contribution in [0.4, 0.5) is 0 Å². The third kappa shape index (κ3) is 4.96. The van der Waals surface area contributed by atoms with E-state index < -0.39 is 0 Å². The summed E-state index contributed by atoms with van der Waals surface area (Å²) in [5.74, 6) is 1.35. The molecule has 0 atom stereocenters. The zero-order valence-corrected chi connectivity index (χ0v) is 13.9. The van der Waals surface area contributed by atoms with Crippen LogP contribution in [0.15, 0.2) is 42.5 Å². The summed E-state index contributed by atoms with van der Waals surface area (Å²) in [5.41, 5.74) is 11.2. The standard InChI is InChI=1S/C17H19N3O2S/c1-12-5-3-4-6-14(12)11-22-15-8-7-13(9-16(15)21-2)10-19-20-17(18)23/h3-10H,11H2,1-2H3,(H3,18,20,23)/p+1. The molecule has 0 unspecified atom stereocenters. The summed E-state index contributed by atoms with van der Waals surface area (Å²) in [4.78, 5) is 0. The van der Waals surface area contributed by atoms with Gasteiger partial charge in [-0.2, -0.15) is 0 Å². The zero-order valence-electron chi connectivity index (χ0n) is 13.1. The fourth-order valence-electron chi connectivity index (χ4n) is 2.01. The summed E-state index contributed by atoms with van der Waals surface area (Å²) in [6.45, 7) is 2.56. The fraction of sp³-hybridized carbons (Fsp3) is 0.176. The smallest absolute Gasteiger partial charge is 0.221 e. The van der Waals surface area contributed by atoms with Crippen LogP contribution in [0.1, 0.15) is 16.7 Å². The van der Waals surface area contributed by atoms with E-state index in [-0.39, 0.29) is 5.11 Å². The van der Waals surface area contributed by atoms with Crippen molar-refractivity contribution in [2.24, 2.45) is 5.73 Å². The van der Waals surface area contributed by atoms with Crippen LogP contribution in [0.5, 0.6) is 11.5 Å². The van der Waals surface area contributed by atoms with Gasteiger partial charge < -0.3 is 15.2 Å². The van der Waals surface area contributed by atoms with Crippen LogP contribution in [-0.2, 0) is 6.61 Å². The first-order chi connectivity index (χ1) is 11.1. The topological polar surface area (TPSA) is 70.5 Å². The van der Waals surface area contributed by atoms with E-state index in [9.17, 15) is 0 Å². The number of thiocarbonyl (C=S) groups is 1. The van der Waals surface area contributed by atoms with Gasteiger partial charge in [0.05, 0.1) is 7.11 Å². The van der Waals surface area contributed by atoms with Gasteiger partial charge >= 0.3 is 0 Å². The molecular formula is C17H20N3O2S+. The number of hydrogen-bond acceptors (Lipinski definition) is 3. The van der Waals surface area contributed by atoms with Gasteiger partial charge in [0.2, 0.25) is 5.11 Å². The second-order valence-corrected chi connectivity index (χ2v) is 5.34.